The molecule has 1 heterocycles. The number of carbonyl (C=O) groups is 2. The van der Waals surface area contributed by atoms with Crippen molar-refractivity contribution in [2.45, 2.75) is 0 Å². The van der Waals surface area contributed by atoms with Crippen LogP contribution in [-0.4, -0.2) is 35.7 Å². The smallest absolute Gasteiger partial charge is 0.356 e. The van der Waals surface area contributed by atoms with E-state index < -0.39 is 11.9 Å². The third kappa shape index (κ3) is 3.21. The Kier molecular flexibility index (Phi) is 4.06. The van der Waals surface area contributed by atoms with Gasteiger partial charge in [-0.05, 0) is 0 Å². The van der Waals surface area contributed by atoms with Gasteiger partial charge in [-0.25, -0.2) is 14.6 Å². The highest BCUT2D eigenvalue weighted by Crippen LogP contribution is 2.15. The lowest BCUT2D eigenvalue weighted by Gasteiger charge is -2.05. The van der Waals surface area contributed by atoms with E-state index >= 15 is 0 Å². The summed E-state index contributed by atoms with van der Waals surface area (Å²) in [5, 5.41) is 8.80. The van der Waals surface area contributed by atoms with Gasteiger partial charge in [-0.1, -0.05) is 5.92 Å². The minimum atomic E-state index is -1.28. The fourth-order valence-electron chi connectivity index (χ4n) is 1.03. The number of carboxylic acids is 1. The summed E-state index contributed by atoms with van der Waals surface area (Å²) in [6, 6.07) is 2.43. The number of aromatic nitrogens is 1. The predicted octanol–water partition coefficient (Wildman–Crippen LogP) is 0.578. The van der Waals surface area contributed by atoms with Crippen LogP contribution in [0, 0.1) is 12.3 Å². The van der Waals surface area contributed by atoms with Gasteiger partial charge in [0.25, 0.3) is 0 Å². The van der Waals surface area contributed by atoms with Gasteiger partial charge in [0.15, 0.2) is 11.4 Å². The number of hydrogen-bond acceptors (Lipinski definition) is 5. The molecule has 0 amide bonds. The van der Waals surface area contributed by atoms with E-state index in [1.165, 1.54) is 19.2 Å². The largest absolute Gasteiger partial charge is 0.481 e. The first-order valence-corrected chi connectivity index (χ1v) is 4.48. The van der Waals surface area contributed by atoms with Crippen LogP contribution < -0.4 is 4.74 Å². The van der Waals surface area contributed by atoms with Crippen molar-refractivity contribution in [1.29, 1.82) is 0 Å². The summed E-state index contributed by atoms with van der Waals surface area (Å²) in [6.45, 7) is -0.0380. The molecule has 0 bridgehead atoms. The van der Waals surface area contributed by atoms with E-state index in [9.17, 15) is 9.59 Å². The number of carboxylic acid groups (broad SMARTS) is 1. The van der Waals surface area contributed by atoms with E-state index in [4.69, 9.17) is 16.3 Å². The topological polar surface area (TPSA) is 85.7 Å². The molecule has 17 heavy (non-hydrogen) atoms. The molecule has 88 valence electrons. The van der Waals surface area contributed by atoms with Crippen LogP contribution in [0.3, 0.4) is 0 Å². The highest BCUT2D eigenvalue weighted by atomic mass is 16.5. The maximum atomic E-state index is 11.2. The van der Waals surface area contributed by atoms with Crippen LogP contribution in [0.2, 0.25) is 0 Å². The van der Waals surface area contributed by atoms with Crippen LogP contribution in [-0.2, 0) is 4.74 Å². The Morgan fingerprint density at radius 3 is 2.65 bits per heavy atom. The predicted molar refractivity (Wildman–Crippen MR) is 56.9 cm³/mol. The zero-order chi connectivity index (χ0) is 12.8. The molecule has 0 spiro atoms. The number of hydrogen-bond donors (Lipinski definition) is 1. The van der Waals surface area contributed by atoms with E-state index in [1.54, 1.807) is 0 Å². The molecule has 0 aliphatic carbocycles. The number of ether oxygens (including phenoxy) is 2. The monoisotopic (exact) mass is 235 g/mol. The second-order valence-corrected chi connectivity index (χ2v) is 2.86. The van der Waals surface area contributed by atoms with Gasteiger partial charge >= 0.3 is 11.9 Å². The Morgan fingerprint density at radius 2 is 2.12 bits per heavy atom. The van der Waals surface area contributed by atoms with Gasteiger partial charge in [0.05, 0.1) is 7.11 Å². The van der Waals surface area contributed by atoms with E-state index in [2.05, 4.69) is 15.6 Å². The van der Waals surface area contributed by atoms with Crippen molar-refractivity contribution in [3.05, 3.63) is 23.5 Å². The molecule has 0 saturated heterocycles. The van der Waals surface area contributed by atoms with Crippen LogP contribution in [0.4, 0.5) is 0 Å². The highest BCUT2D eigenvalue weighted by molar-refractivity contribution is 5.91. The van der Waals surface area contributed by atoms with Crippen molar-refractivity contribution < 1.29 is 24.2 Å². The van der Waals surface area contributed by atoms with Crippen LogP contribution in [0.5, 0.6) is 5.75 Å². The Balaban J connectivity index is 3.14. The maximum Gasteiger partial charge on any atom is 0.356 e. The van der Waals surface area contributed by atoms with Gasteiger partial charge in [-0.15, -0.1) is 6.42 Å². The fraction of sp³-hybridized carbons (Fsp3) is 0.182. The Hall–Kier alpha value is -2.55. The maximum absolute atomic E-state index is 11.2. The molecule has 1 aromatic heterocycles. The lowest BCUT2D eigenvalue weighted by molar-refractivity contribution is 0.0593. The van der Waals surface area contributed by atoms with Crippen molar-refractivity contribution in [2.75, 3.05) is 13.7 Å². The van der Waals surface area contributed by atoms with Crippen LogP contribution >= 0.6 is 0 Å². The highest BCUT2D eigenvalue weighted by Gasteiger charge is 2.14. The quantitative estimate of drug-likeness (QED) is 0.606. The molecule has 1 aromatic rings. The molecule has 0 fully saturated rings. The van der Waals surface area contributed by atoms with Gasteiger partial charge in [0.2, 0.25) is 0 Å². The number of terminal acetylenes is 1. The van der Waals surface area contributed by atoms with Gasteiger partial charge < -0.3 is 14.6 Å². The second kappa shape index (κ2) is 5.51. The number of nitrogens with zero attached hydrogens (tertiary/aromatic N) is 1. The molecule has 0 unspecified atom stereocenters. The van der Waals surface area contributed by atoms with Crippen molar-refractivity contribution in [1.82, 2.24) is 4.98 Å². The van der Waals surface area contributed by atoms with Gasteiger partial charge in [-0.2, -0.15) is 0 Å². The fourth-order valence-corrected chi connectivity index (χ4v) is 1.03. The summed E-state index contributed by atoms with van der Waals surface area (Å²) < 4.78 is 9.47. The van der Waals surface area contributed by atoms with E-state index in [-0.39, 0.29) is 23.7 Å². The number of esters is 1. The second-order valence-electron chi connectivity index (χ2n) is 2.86. The number of methoxy groups -OCH3 is 1. The molecule has 0 saturated carbocycles. The first-order chi connectivity index (χ1) is 8.08. The standard InChI is InChI=1S/C11H9NO5/c1-3-4-17-7-5-8(10(13)14)12-9(6-7)11(15)16-2/h1,5-6H,4H2,2H3,(H,13,14). The molecule has 0 aliphatic heterocycles. The van der Waals surface area contributed by atoms with Crippen LogP contribution in [0.15, 0.2) is 12.1 Å². The molecule has 1 N–H and O–H groups in total. The third-order valence-corrected chi connectivity index (χ3v) is 1.73. The number of carbonyl (C=O) groups excluding carboxylic acids is 1. The molecule has 0 radical (unpaired) electrons. The number of aromatic carboxylic acids is 1. The normalized spacial score (nSPS) is 9.18. The molecule has 6 heteroatoms. The first kappa shape index (κ1) is 12.5. The van der Waals surface area contributed by atoms with Gasteiger partial charge in [0, 0.05) is 12.1 Å². The average Bonchev–Trinajstić information content (AvgIpc) is 2.34. The van der Waals surface area contributed by atoms with Gasteiger partial charge in [0.1, 0.15) is 12.4 Å². The molecule has 6 nitrogen and oxygen atoms in total. The lowest BCUT2D eigenvalue weighted by Crippen LogP contribution is -2.10. The molecular weight excluding hydrogens is 226 g/mol. The summed E-state index contributed by atoms with van der Waals surface area (Å²) >= 11 is 0. The number of pyridine rings is 1. The Morgan fingerprint density at radius 1 is 1.47 bits per heavy atom. The zero-order valence-electron chi connectivity index (χ0n) is 8.97. The van der Waals surface area contributed by atoms with E-state index in [0.29, 0.717) is 0 Å². The molecule has 0 atom stereocenters. The Bertz CT molecular complexity index is 489. The Labute approximate surface area is 97.2 Å². The van der Waals surface area contributed by atoms with Gasteiger partial charge in [-0.3, -0.25) is 0 Å². The van der Waals surface area contributed by atoms with E-state index in [0.717, 1.165) is 0 Å². The SMILES string of the molecule is C#CCOc1cc(C(=O)O)nc(C(=O)OC)c1. The molecule has 0 aromatic carbocycles. The minimum Gasteiger partial charge on any atom is -0.481 e. The third-order valence-electron chi connectivity index (χ3n) is 1.73. The van der Waals surface area contributed by atoms with Crippen molar-refractivity contribution >= 4 is 11.9 Å². The summed E-state index contributed by atoms with van der Waals surface area (Å²) in [7, 11) is 1.17. The van der Waals surface area contributed by atoms with Crippen molar-refractivity contribution in [3.8, 4) is 18.1 Å². The number of rotatable bonds is 4. The summed E-state index contributed by atoms with van der Waals surface area (Å²) in [5.41, 5.74) is -0.473. The summed E-state index contributed by atoms with van der Waals surface area (Å²) in [6.07, 6.45) is 5.00. The minimum absolute atomic E-state index is 0.0380. The van der Waals surface area contributed by atoms with Crippen LogP contribution in [0.25, 0.3) is 0 Å². The van der Waals surface area contributed by atoms with Crippen molar-refractivity contribution in [3.63, 3.8) is 0 Å². The van der Waals surface area contributed by atoms with E-state index in [1.807, 2.05) is 0 Å². The summed E-state index contributed by atoms with van der Waals surface area (Å²) in [5.74, 6) is 0.342. The first-order valence-electron chi connectivity index (χ1n) is 4.48. The van der Waals surface area contributed by atoms with Crippen LogP contribution in [0.1, 0.15) is 21.0 Å². The van der Waals surface area contributed by atoms with Crippen molar-refractivity contribution in [2.24, 2.45) is 0 Å². The summed E-state index contributed by atoms with van der Waals surface area (Å²) in [4.78, 5) is 25.6. The lowest BCUT2D eigenvalue weighted by atomic mass is 10.3. The average molecular weight is 235 g/mol. The molecule has 1 rings (SSSR count). The molecule has 0 aliphatic rings. The molecular formula is C11H9NO5. The zero-order valence-corrected chi connectivity index (χ0v) is 8.97.